The molecule has 0 unspecified atom stereocenters. The molecule has 3 nitrogen and oxygen atoms in total. The minimum Gasteiger partial charge on any atom is -0.290 e. The van der Waals surface area contributed by atoms with Gasteiger partial charge in [0.25, 0.3) is 0 Å². The summed E-state index contributed by atoms with van der Waals surface area (Å²) in [4.78, 5) is 3.51. The molecule has 0 spiro atoms. The van der Waals surface area contributed by atoms with E-state index in [2.05, 4.69) is 20.9 Å². The lowest BCUT2D eigenvalue weighted by Crippen LogP contribution is -1.95. The van der Waals surface area contributed by atoms with E-state index in [0.717, 1.165) is 0 Å². The molecule has 1 rings (SSSR count). The fourth-order valence-electron chi connectivity index (χ4n) is 0.497. The van der Waals surface area contributed by atoms with Crippen LogP contribution in [0.15, 0.2) is 16.7 Å². The van der Waals surface area contributed by atoms with E-state index in [1.165, 1.54) is 12.3 Å². The quantitative estimate of drug-likeness (QED) is 0.690. The standard InChI is InChI=1S/C5H4BrFN2O/c6-3-1-4(7)5(9-10)8-2-3/h1-2,10H,(H,8,9). The number of hydrogen-bond donors (Lipinski definition) is 2. The molecule has 10 heavy (non-hydrogen) atoms. The first-order valence-electron chi connectivity index (χ1n) is 2.45. The summed E-state index contributed by atoms with van der Waals surface area (Å²) in [6, 6.07) is 1.20. The molecule has 2 N–H and O–H groups in total. The van der Waals surface area contributed by atoms with Crippen molar-refractivity contribution in [2.24, 2.45) is 0 Å². The molecule has 0 aromatic carbocycles. The van der Waals surface area contributed by atoms with Gasteiger partial charge in [0.05, 0.1) is 0 Å². The van der Waals surface area contributed by atoms with Gasteiger partial charge in [0.15, 0.2) is 11.6 Å². The lowest BCUT2D eigenvalue weighted by atomic mass is 10.4. The van der Waals surface area contributed by atoms with Crippen LogP contribution in [0.25, 0.3) is 0 Å². The Morgan fingerprint density at radius 1 is 1.70 bits per heavy atom. The van der Waals surface area contributed by atoms with Gasteiger partial charge in [-0.2, -0.15) is 0 Å². The van der Waals surface area contributed by atoms with Crippen molar-refractivity contribution >= 4 is 21.7 Å². The maximum Gasteiger partial charge on any atom is 0.186 e. The van der Waals surface area contributed by atoms with Crippen LogP contribution in [-0.4, -0.2) is 10.2 Å². The Morgan fingerprint density at radius 2 is 2.40 bits per heavy atom. The van der Waals surface area contributed by atoms with Gasteiger partial charge in [-0.15, -0.1) is 0 Å². The lowest BCUT2D eigenvalue weighted by molar-refractivity contribution is 0.380. The van der Waals surface area contributed by atoms with Crippen molar-refractivity contribution in [2.45, 2.75) is 0 Å². The molecule has 5 heteroatoms. The zero-order valence-corrected chi connectivity index (χ0v) is 6.39. The van der Waals surface area contributed by atoms with Crippen molar-refractivity contribution in [3.63, 3.8) is 0 Å². The van der Waals surface area contributed by atoms with Crippen LogP contribution in [0.5, 0.6) is 0 Å². The summed E-state index contributed by atoms with van der Waals surface area (Å²) < 4.78 is 13.1. The van der Waals surface area contributed by atoms with Gasteiger partial charge >= 0.3 is 0 Å². The highest BCUT2D eigenvalue weighted by atomic mass is 79.9. The van der Waals surface area contributed by atoms with Crippen molar-refractivity contribution in [1.82, 2.24) is 4.98 Å². The van der Waals surface area contributed by atoms with E-state index < -0.39 is 5.82 Å². The van der Waals surface area contributed by atoms with Crippen molar-refractivity contribution < 1.29 is 9.60 Å². The van der Waals surface area contributed by atoms with Crippen molar-refractivity contribution in [2.75, 3.05) is 5.48 Å². The Kier molecular flexibility index (Phi) is 2.18. The molecule has 0 aliphatic carbocycles. The monoisotopic (exact) mass is 206 g/mol. The fourth-order valence-corrected chi connectivity index (χ4v) is 0.800. The average Bonchev–Trinajstić information content (AvgIpc) is 1.88. The topological polar surface area (TPSA) is 45.1 Å². The predicted octanol–water partition coefficient (Wildman–Crippen LogP) is 1.78. The highest BCUT2D eigenvalue weighted by molar-refractivity contribution is 9.10. The summed E-state index contributed by atoms with van der Waals surface area (Å²) in [7, 11) is 0. The number of hydrogen-bond acceptors (Lipinski definition) is 3. The smallest absolute Gasteiger partial charge is 0.186 e. The van der Waals surface area contributed by atoms with E-state index in [-0.39, 0.29) is 5.82 Å². The molecule has 0 amide bonds. The second-order valence-corrected chi connectivity index (χ2v) is 2.51. The Morgan fingerprint density at radius 3 is 2.90 bits per heavy atom. The van der Waals surface area contributed by atoms with Gasteiger partial charge in [0.1, 0.15) is 0 Å². The molecular weight excluding hydrogens is 203 g/mol. The first kappa shape index (κ1) is 7.43. The van der Waals surface area contributed by atoms with Gasteiger partial charge in [-0.1, -0.05) is 0 Å². The van der Waals surface area contributed by atoms with Crippen LogP contribution in [-0.2, 0) is 0 Å². The lowest BCUT2D eigenvalue weighted by Gasteiger charge is -1.97. The van der Waals surface area contributed by atoms with Crippen LogP contribution in [0.3, 0.4) is 0 Å². The van der Waals surface area contributed by atoms with Gasteiger partial charge in [-0.05, 0) is 22.0 Å². The zero-order chi connectivity index (χ0) is 7.56. The highest BCUT2D eigenvalue weighted by Crippen LogP contribution is 2.14. The molecule has 0 aliphatic rings. The maximum atomic E-state index is 12.5. The van der Waals surface area contributed by atoms with Gasteiger partial charge < -0.3 is 0 Å². The van der Waals surface area contributed by atoms with E-state index in [1.807, 2.05) is 0 Å². The van der Waals surface area contributed by atoms with Crippen LogP contribution in [0.1, 0.15) is 0 Å². The van der Waals surface area contributed by atoms with E-state index in [0.29, 0.717) is 4.47 Å². The van der Waals surface area contributed by atoms with E-state index in [4.69, 9.17) is 5.21 Å². The number of halogens is 2. The van der Waals surface area contributed by atoms with Crippen molar-refractivity contribution in [1.29, 1.82) is 0 Å². The predicted molar refractivity (Wildman–Crippen MR) is 37.3 cm³/mol. The minimum atomic E-state index is -0.600. The molecule has 0 fully saturated rings. The third-order valence-corrected chi connectivity index (χ3v) is 1.35. The van der Waals surface area contributed by atoms with Crippen molar-refractivity contribution in [3.05, 3.63) is 22.6 Å². The highest BCUT2D eigenvalue weighted by Gasteiger charge is 2.00. The summed E-state index contributed by atoms with van der Waals surface area (Å²) >= 11 is 3.01. The van der Waals surface area contributed by atoms with Crippen LogP contribution in [0.2, 0.25) is 0 Å². The first-order chi connectivity index (χ1) is 4.74. The second-order valence-electron chi connectivity index (χ2n) is 1.60. The molecule has 0 atom stereocenters. The van der Waals surface area contributed by atoms with Crippen LogP contribution in [0, 0.1) is 5.82 Å². The number of nitrogens with zero attached hydrogens (tertiary/aromatic N) is 1. The van der Waals surface area contributed by atoms with E-state index >= 15 is 0 Å². The molecule has 1 aromatic rings. The zero-order valence-electron chi connectivity index (χ0n) is 4.81. The number of aromatic nitrogens is 1. The summed E-state index contributed by atoms with van der Waals surface area (Å²) in [6.45, 7) is 0. The Bertz CT molecular complexity index is 243. The number of anilines is 1. The molecule has 54 valence electrons. The van der Waals surface area contributed by atoms with Crippen molar-refractivity contribution in [3.8, 4) is 0 Å². The molecular formula is C5H4BrFN2O. The summed E-state index contributed by atoms with van der Waals surface area (Å²) in [5.74, 6) is -0.778. The van der Waals surface area contributed by atoms with E-state index in [9.17, 15) is 4.39 Å². The fraction of sp³-hybridized carbons (Fsp3) is 0. The third kappa shape index (κ3) is 1.43. The maximum absolute atomic E-state index is 12.5. The Labute approximate surface area is 65.0 Å². The average molecular weight is 207 g/mol. The molecule has 0 aliphatic heterocycles. The molecule has 1 aromatic heterocycles. The summed E-state index contributed by atoms with van der Waals surface area (Å²) in [6.07, 6.45) is 1.38. The summed E-state index contributed by atoms with van der Waals surface area (Å²) in [5, 5.41) is 8.24. The molecule has 0 bridgehead atoms. The van der Waals surface area contributed by atoms with Gasteiger partial charge in [-0.3, -0.25) is 5.21 Å². The minimum absolute atomic E-state index is 0.178. The SMILES string of the molecule is ONc1ncc(Br)cc1F. The number of pyridine rings is 1. The number of nitrogens with one attached hydrogen (secondary N) is 1. The summed E-state index contributed by atoms with van der Waals surface area (Å²) in [5.41, 5.74) is 1.62. The Balaban J connectivity index is 3.07. The van der Waals surface area contributed by atoms with Crippen LogP contribution >= 0.6 is 15.9 Å². The van der Waals surface area contributed by atoms with Crippen LogP contribution < -0.4 is 5.48 Å². The molecule has 1 heterocycles. The van der Waals surface area contributed by atoms with E-state index in [1.54, 1.807) is 5.48 Å². The van der Waals surface area contributed by atoms with Gasteiger partial charge in [-0.25, -0.2) is 14.9 Å². The van der Waals surface area contributed by atoms with Crippen LogP contribution in [0.4, 0.5) is 10.2 Å². The largest absolute Gasteiger partial charge is 0.290 e. The third-order valence-electron chi connectivity index (χ3n) is 0.914. The molecule has 0 saturated carbocycles. The number of rotatable bonds is 1. The molecule has 0 saturated heterocycles. The second kappa shape index (κ2) is 2.94. The van der Waals surface area contributed by atoms with Gasteiger partial charge in [0.2, 0.25) is 0 Å². The normalized spacial score (nSPS) is 9.50. The first-order valence-corrected chi connectivity index (χ1v) is 3.24. The Hall–Kier alpha value is -0.680. The van der Waals surface area contributed by atoms with Gasteiger partial charge in [0, 0.05) is 10.7 Å². The molecule has 0 radical (unpaired) electrons.